The van der Waals surface area contributed by atoms with Crippen LogP contribution in [0.4, 0.5) is 0 Å². The summed E-state index contributed by atoms with van der Waals surface area (Å²) in [4.78, 5) is 2.55. The first-order chi connectivity index (χ1) is 9.63. The van der Waals surface area contributed by atoms with Gasteiger partial charge in [-0.2, -0.15) is 0 Å². The Morgan fingerprint density at radius 2 is 2.10 bits per heavy atom. The Kier molecular flexibility index (Phi) is 5.44. The van der Waals surface area contributed by atoms with Crippen molar-refractivity contribution in [3.8, 4) is 5.75 Å². The van der Waals surface area contributed by atoms with Crippen LogP contribution in [-0.4, -0.2) is 30.6 Å². The predicted molar refractivity (Wildman–Crippen MR) is 84.0 cm³/mol. The first-order valence-corrected chi connectivity index (χ1v) is 7.84. The molecule has 1 fully saturated rings. The lowest BCUT2D eigenvalue weighted by molar-refractivity contribution is 0.194. The van der Waals surface area contributed by atoms with Gasteiger partial charge in [-0.25, -0.2) is 0 Å². The van der Waals surface area contributed by atoms with Crippen molar-refractivity contribution in [2.24, 2.45) is 11.7 Å². The van der Waals surface area contributed by atoms with Crippen LogP contribution in [0.15, 0.2) is 24.3 Å². The summed E-state index contributed by atoms with van der Waals surface area (Å²) >= 11 is 0. The zero-order valence-corrected chi connectivity index (χ0v) is 13.0. The van der Waals surface area contributed by atoms with Crippen LogP contribution in [0.2, 0.25) is 0 Å². The minimum absolute atomic E-state index is 0.0251. The molecular formula is C17H28N2O. The molecule has 0 spiro atoms. The quantitative estimate of drug-likeness (QED) is 0.867. The number of benzene rings is 1. The third kappa shape index (κ3) is 3.53. The van der Waals surface area contributed by atoms with Crippen molar-refractivity contribution in [2.75, 3.05) is 19.7 Å². The van der Waals surface area contributed by atoms with E-state index >= 15 is 0 Å². The standard InChI is InChI=1S/C17H28N2O/c1-4-20-17-10-6-5-8-14(17)15(18)12-19-11-7-9-16(19)13(2)3/h5-6,8,10,13,15-16H,4,7,9,11-12,18H2,1-3H3. The molecule has 2 rings (SSSR count). The number of nitrogens with zero attached hydrogens (tertiary/aromatic N) is 1. The fraction of sp³-hybridized carbons (Fsp3) is 0.647. The minimum Gasteiger partial charge on any atom is -0.494 e. The van der Waals surface area contributed by atoms with E-state index in [0.29, 0.717) is 18.6 Å². The molecule has 20 heavy (non-hydrogen) atoms. The van der Waals surface area contributed by atoms with Gasteiger partial charge in [0.25, 0.3) is 0 Å². The van der Waals surface area contributed by atoms with Gasteiger partial charge in [-0.15, -0.1) is 0 Å². The molecule has 1 saturated heterocycles. The summed E-state index contributed by atoms with van der Waals surface area (Å²) in [5, 5.41) is 0. The van der Waals surface area contributed by atoms with E-state index in [1.54, 1.807) is 0 Å². The molecule has 0 saturated carbocycles. The third-order valence-corrected chi connectivity index (χ3v) is 4.23. The number of rotatable bonds is 6. The van der Waals surface area contributed by atoms with E-state index in [-0.39, 0.29) is 6.04 Å². The van der Waals surface area contributed by atoms with Crippen LogP contribution < -0.4 is 10.5 Å². The minimum atomic E-state index is 0.0251. The van der Waals surface area contributed by atoms with Crippen molar-refractivity contribution < 1.29 is 4.74 Å². The normalized spacial score (nSPS) is 21.4. The van der Waals surface area contributed by atoms with E-state index in [9.17, 15) is 0 Å². The van der Waals surface area contributed by atoms with Gasteiger partial charge in [0.1, 0.15) is 5.75 Å². The fourth-order valence-corrected chi connectivity index (χ4v) is 3.26. The lowest BCUT2D eigenvalue weighted by Crippen LogP contribution is -2.38. The highest BCUT2D eigenvalue weighted by Crippen LogP contribution is 2.29. The predicted octanol–water partition coefficient (Wildman–Crippen LogP) is 3.21. The molecule has 1 heterocycles. The van der Waals surface area contributed by atoms with Crippen molar-refractivity contribution >= 4 is 0 Å². The van der Waals surface area contributed by atoms with E-state index in [1.807, 2.05) is 25.1 Å². The summed E-state index contributed by atoms with van der Waals surface area (Å²) in [6.45, 7) is 9.41. The maximum absolute atomic E-state index is 6.45. The third-order valence-electron chi connectivity index (χ3n) is 4.23. The summed E-state index contributed by atoms with van der Waals surface area (Å²) in [6.07, 6.45) is 2.60. The van der Waals surface area contributed by atoms with E-state index < -0.39 is 0 Å². The molecule has 112 valence electrons. The first kappa shape index (κ1) is 15.3. The highest BCUT2D eigenvalue weighted by Gasteiger charge is 2.28. The molecule has 0 aromatic heterocycles. The molecule has 3 heteroatoms. The average molecular weight is 276 g/mol. The Labute approximate surface area is 123 Å². The van der Waals surface area contributed by atoms with Gasteiger partial charge < -0.3 is 10.5 Å². The van der Waals surface area contributed by atoms with E-state index in [2.05, 4.69) is 24.8 Å². The number of ether oxygens (including phenoxy) is 1. The van der Waals surface area contributed by atoms with E-state index in [4.69, 9.17) is 10.5 Å². The number of nitrogens with two attached hydrogens (primary N) is 1. The topological polar surface area (TPSA) is 38.5 Å². The Morgan fingerprint density at radius 1 is 1.35 bits per heavy atom. The highest BCUT2D eigenvalue weighted by atomic mass is 16.5. The zero-order chi connectivity index (χ0) is 14.5. The maximum atomic E-state index is 6.45. The van der Waals surface area contributed by atoms with Gasteiger partial charge in [-0.05, 0) is 38.3 Å². The van der Waals surface area contributed by atoms with Crippen molar-refractivity contribution in [3.05, 3.63) is 29.8 Å². The molecular weight excluding hydrogens is 248 g/mol. The lowest BCUT2D eigenvalue weighted by atomic mass is 10.0. The van der Waals surface area contributed by atoms with Gasteiger partial charge in [0.2, 0.25) is 0 Å². The van der Waals surface area contributed by atoms with Crippen LogP contribution in [0, 0.1) is 5.92 Å². The fourth-order valence-electron chi connectivity index (χ4n) is 3.26. The number of para-hydroxylation sites is 1. The van der Waals surface area contributed by atoms with E-state index in [1.165, 1.54) is 19.4 Å². The summed E-state index contributed by atoms with van der Waals surface area (Å²) in [6, 6.07) is 8.87. The van der Waals surface area contributed by atoms with Gasteiger partial charge in [-0.3, -0.25) is 4.90 Å². The molecule has 2 N–H and O–H groups in total. The lowest BCUT2D eigenvalue weighted by Gasteiger charge is -2.30. The van der Waals surface area contributed by atoms with Crippen molar-refractivity contribution in [3.63, 3.8) is 0 Å². The summed E-state index contributed by atoms with van der Waals surface area (Å²) in [5.41, 5.74) is 7.58. The second kappa shape index (κ2) is 7.09. The number of hydrogen-bond acceptors (Lipinski definition) is 3. The van der Waals surface area contributed by atoms with Crippen molar-refractivity contribution in [1.82, 2.24) is 4.90 Å². The largest absolute Gasteiger partial charge is 0.494 e. The maximum Gasteiger partial charge on any atom is 0.124 e. The smallest absolute Gasteiger partial charge is 0.124 e. The molecule has 1 aliphatic heterocycles. The molecule has 1 aliphatic rings. The van der Waals surface area contributed by atoms with E-state index in [0.717, 1.165) is 17.9 Å². The van der Waals surface area contributed by atoms with Crippen LogP contribution in [0.1, 0.15) is 45.2 Å². The second-order valence-corrected chi connectivity index (χ2v) is 6.03. The second-order valence-electron chi connectivity index (χ2n) is 6.03. The molecule has 1 aromatic rings. The molecule has 0 amide bonds. The van der Waals surface area contributed by atoms with Gasteiger partial charge in [0, 0.05) is 24.2 Å². The molecule has 0 radical (unpaired) electrons. The SMILES string of the molecule is CCOc1ccccc1C(N)CN1CCCC1C(C)C. The van der Waals surface area contributed by atoms with Crippen molar-refractivity contribution in [2.45, 2.75) is 45.7 Å². The number of likely N-dealkylation sites (tertiary alicyclic amines) is 1. The van der Waals surface area contributed by atoms with Gasteiger partial charge in [-0.1, -0.05) is 32.0 Å². The summed E-state index contributed by atoms with van der Waals surface area (Å²) in [7, 11) is 0. The monoisotopic (exact) mass is 276 g/mol. The first-order valence-electron chi connectivity index (χ1n) is 7.84. The van der Waals surface area contributed by atoms with Gasteiger partial charge in [0.15, 0.2) is 0 Å². The highest BCUT2D eigenvalue weighted by molar-refractivity contribution is 5.36. The molecule has 1 aromatic carbocycles. The Bertz CT molecular complexity index is 419. The van der Waals surface area contributed by atoms with Gasteiger partial charge >= 0.3 is 0 Å². The molecule has 0 aliphatic carbocycles. The summed E-state index contributed by atoms with van der Waals surface area (Å²) in [5.74, 6) is 1.63. The Morgan fingerprint density at radius 3 is 2.80 bits per heavy atom. The molecule has 3 nitrogen and oxygen atoms in total. The average Bonchev–Trinajstić information content (AvgIpc) is 2.88. The zero-order valence-electron chi connectivity index (χ0n) is 13.0. The number of hydrogen-bond donors (Lipinski definition) is 1. The Hall–Kier alpha value is -1.06. The van der Waals surface area contributed by atoms with Crippen LogP contribution in [-0.2, 0) is 0 Å². The van der Waals surface area contributed by atoms with Crippen LogP contribution >= 0.6 is 0 Å². The molecule has 2 atom stereocenters. The summed E-state index contributed by atoms with van der Waals surface area (Å²) < 4.78 is 5.70. The molecule has 0 bridgehead atoms. The Balaban J connectivity index is 2.06. The van der Waals surface area contributed by atoms with Crippen molar-refractivity contribution in [1.29, 1.82) is 0 Å². The van der Waals surface area contributed by atoms with Crippen LogP contribution in [0.3, 0.4) is 0 Å². The van der Waals surface area contributed by atoms with Gasteiger partial charge in [0.05, 0.1) is 6.61 Å². The van der Waals surface area contributed by atoms with Crippen LogP contribution in [0.5, 0.6) is 5.75 Å². The molecule has 2 unspecified atom stereocenters. The van der Waals surface area contributed by atoms with Crippen LogP contribution in [0.25, 0.3) is 0 Å².